The molecule has 216 valence electrons. The number of sulfonamides is 2. The average Bonchev–Trinajstić information content (AvgIpc) is 3.52. The fraction of sp³-hybridized carbons (Fsp3) is 0.231. The normalized spacial score (nSPS) is 12.3. The van der Waals surface area contributed by atoms with Gasteiger partial charge in [-0.25, -0.2) is 26.3 Å². The first kappa shape index (κ1) is 29.4. The molecular weight excluding hydrogens is 631 g/mol. The Morgan fingerprint density at radius 2 is 1.34 bits per heavy atom. The number of benzene rings is 2. The maximum atomic E-state index is 13.8. The molecule has 0 fully saturated rings. The molecule has 0 saturated heterocycles. The fourth-order valence-corrected chi connectivity index (χ4v) is 9.52. The van der Waals surface area contributed by atoms with E-state index in [1.54, 1.807) is 45.9 Å². The van der Waals surface area contributed by atoms with Gasteiger partial charge in [0.1, 0.15) is 26.3 Å². The highest BCUT2D eigenvalue weighted by Crippen LogP contribution is 2.40. The van der Waals surface area contributed by atoms with Crippen LogP contribution in [0.2, 0.25) is 10.0 Å². The van der Waals surface area contributed by atoms with E-state index in [1.807, 2.05) is 19.1 Å². The number of rotatable bonds is 8. The second-order valence-electron chi connectivity index (χ2n) is 9.50. The van der Waals surface area contributed by atoms with Gasteiger partial charge in [0.05, 0.1) is 4.90 Å². The van der Waals surface area contributed by atoms with Gasteiger partial charge in [-0.15, -0.1) is 11.3 Å². The Labute approximate surface area is 250 Å². The minimum atomic E-state index is -4.19. The molecular formula is C26H24Cl2N4O6S3. The predicted octanol–water partition coefficient (Wildman–Crippen LogP) is 6.92. The summed E-state index contributed by atoms with van der Waals surface area (Å²) in [5.41, 5.74) is 3.11. The minimum absolute atomic E-state index is 0.0378. The van der Waals surface area contributed by atoms with Gasteiger partial charge in [0.25, 0.3) is 31.8 Å². The Kier molecular flexibility index (Phi) is 7.62. The lowest BCUT2D eigenvalue weighted by Gasteiger charge is -2.18. The highest BCUT2D eigenvalue weighted by Gasteiger charge is 2.30. The molecule has 0 unspecified atom stereocenters. The molecule has 0 bridgehead atoms. The molecule has 0 saturated carbocycles. The Morgan fingerprint density at radius 3 is 1.88 bits per heavy atom. The summed E-state index contributed by atoms with van der Waals surface area (Å²) in [5.74, 6) is -0.371. The van der Waals surface area contributed by atoms with Crippen molar-refractivity contribution in [3.8, 4) is 0 Å². The quantitative estimate of drug-likeness (QED) is 0.183. The molecule has 0 spiro atoms. The van der Waals surface area contributed by atoms with Gasteiger partial charge in [0, 0.05) is 21.4 Å². The van der Waals surface area contributed by atoms with E-state index in [0.717, 1.165) is 10.3 Å². The molecule has 0 atom stereocenters. The van der Waals surface area contributed by atoms with Crippen LogP contribution in [0.5, 0.6) is 0 Å². The number of hydrogen-bond donors (Lipinski definition) is 2. The first-order valence-electron chi connectivity index (χ1n) is 12.1. The fourth-order valence-electron chi connectivity index (χ4n) is 4.73. The van der Waals surface area contributed by atoms with Crippen LogP contribution in [0.1, 0.15) is 38.5 Å². The standard InChI is InChI=1S/C26H24Cl2N4O6S3/c1-12-10-13(2)23(40(33,34)31-25-21(27)15(4)29-37-25)14(3)18(12)11-20-24(17-8-6-7-9-19(17)39-20)41(35,36)32-26-22(28)16(5)30-38-26/h6-10,31-32H,11H2,1-5H3. The van der Waals surface area contributed by atoms with Crippen molar-refractivity contribution in [3.05, 3.63) is 78.9 Å². The van der Waals surface area contributed by atoms with Crippen molar-refractivity contribution in [2.24, 2.45) is 0 Å². The van der Waals surface area contributed by atoms with E-state index in [9.17, 15) is 16.8 Å². The second-order valence-corrected chi connectivity index (χ2v) is 14.6. The molecule has 0 aliphatic carbocycles. The maximum absolute atomic E-state index is 13.8. The number of nitrogens with one attached hydrogen (secondary N) is 2. The van der Waals surface area contributed by atoms with E-state index in [-0.39, 0.29) is 38.0 Å². The zero-order chi connectivity index (χ0) is 29.9. The topological polar surface area (TPSA) is 144 Å². The van der Waals surface area contributed by atoms with Crippen LogP contribution in [0, 0.1) is 34.6 Å². The summed E-state index contributed by atoms with van der Waals surface area (Å²) in [6, 6.07) is 8.86. The smallest absolute Gasteiger partial charge is 0.266 e. The third-order valence-corrected chi connectivity index (χ3v) is 11.9. The van der Waals surface area contributed by atoms with E-state index in [1.165, 1.54) is 11.3 Å². The van der Waals surface area contributed by atoms with Crippen molar-refractivity contribution >= 4 is 76.4 Å². The van der Waals surface area contributed by atoms with Gasteiger partial charge in [0.2, 0.25) is 0 Å². The van der Waals surface area contributed by atoms with Crippen molar-refractivity contribution in [1.82, 2.24) is 10.3 Å². The predicted molar refractivity (Wildman–Crippen MR) is 159 cm³/mol. The van der Waals surface area contributed by atoms with Gasteiger partial charge >= 0.3 is 0 Å². The van der Waals surface area contributed by atoms with Crippen molar-refractivity contribution in [1.29, 1.82) is 0 Å². The lowest BCUT2D eigenvalue weighted by atomic mass is 9.96. The molecule has 15 heteroatoms. The van der Waals surface area contributed by atoms with Crippen molar-refractivity contribution in [3.63, 3.8) is 0 Å². The highest BCUT2D eigenvalue weighted by atomic mass is 35.5. The Bertz CT molecular complexity index is 2050. The molecule has 0 amide bonds. The van der Waals surface area contributed by atoms with E-state index in [4.69, 9.17) is 32.2 Å². The molecule has 0 radical (unpaired) electrons. The summed E-state index contributed by atoms with van der Waals surface area (Å²) in [7, 11) is -8.35. The molecule has 41 heavy (non-hydrogen) atoms. The van der Waals surface area contributed by atoms with Crippen molar-refractivity contribution in [2.75, 3.05) is 9.44 Å². The van der Waals surface area contributed by atoms with Crippen LogP contribution >= 0.6 is 34.5 Å². The highest BCUT2D eigenvalue weighted by molar-refractivity contribution is 7.93. The number of fused-ring (bicyclic) bond motifs is 1. The first-order valence-corrected chi connectivity index (χ1v) is 16.6. The van der Waals surface area contributed by atoms with Crippen molar-refractivity contribution < 1.29 is 25.9 Å². The van der Waals surface area contributed by atoms with Crippen LogP contribution in [0.25, 0.3) is 10.1 Å². The van der Waals surface area contributed by atoms with Gasteiger partial charge in [0.15, 0.2) is 0 Å². The number of nitrogens with zero attached hydrogens (tertiary/aromatic N) is 2. The molecule has 5 rings (SSSR count). The Hall–Kier alpha value is -3.10. The summed E-state index contributed by atoms with van der Waals surface area (Å²) in [4.78, 5) is 0.594. The molecule has 3 aromatic heterocycles. The van der Waals surface area contributed by atoms with E-state index < -0.39 is 20.0 Å². The number of thiophene rings is 1. The van der Waals surface area contributed by atoms with Gasteiger partial charge in [-0.3, -0.25) is 0 Å². The van der Waals surface area contributed by atoms with E-state index in [2.05, 4.69) is 19.8 Å². The summed E-state index contributed by atoms with van der Waals surface area (Å²) in [6.07, 6.45) is 0.140. The molecule has 2 aromatic carbocycles. The number of anilines is 2. The lowest BCUT2D eigenvalue weighted by molar-refractivity contribution is 0.430. The number of hydrogen-bond acceptors (Lipinski definition) is 9. The van der Waals surface area contributed by atoms with Crippen LogP contribution in [0.3, 0.4) is 0 Å². The molecule has 10 nitrogen and oxygen atoms in total. The lowest BCUT2D eigenvalue weighted by Crippen LogP contribution is -2.18. The summed E-state index contributed by atoms with van der Waals surface area (Å²) >= 11 is 13.6. The van der Waals surface area contributed by atoms with Crippen LogP contribution in [0.4, 0.5) is 11.8 Å². The van der Waals surface area contributed by atoms with Gasteiger partial charge in [-0.2, -0.15) is 0 Å². The Balaban J connectivity index is 1.62. The van der Waals surface area contributed by atoms with Crippen LogP contribution in [-0.2, 0) is 26.5 Å². The van der Waals surface area contributed by atoms with Gasteiger partial charge in [-0.05, 0) is 62.9 Å². The number of aromatic nitrogens is 2. The summed E-state index contributed by atoms with van der Waals surface area (Å²) in [5, 5.41) is 8.06. The number of halogens is 2. The molecule has 5 aromatic rings. The van der Waals surface area contributed by atoms with Gasteiger partial charge in [-0.1, -0.05) is 57.8 Å². The molecule has 2 N–H and O–H groups in total. The number of aryl methyl sites for hydroxylation is 4. The second kappa shape index (κ2) is 10.6. The zero-order valence-corrected chi connectivity index (χ0v) is 26.4. The average molecular weight is 656 g/mol. The summed E-state index contributed by atoms with van der Waals surface area (Å²) in [6.45, 7) is 8.41. The maximum Gasteiger partial charge on any atom is 0.266 e. The van der Waals surface area contributed by atoms with Crippen LogP contribution < -0.4 is 9.44 Å². The van der Waals surface area contributed by atoms with Crippen LogP contribution in [0.15, 0.2) is 49.2 Å². The molecule has 0 aliphatic heterocycles. The largest absolute Gasteiger partial charge is 0.336 e. The van der Waals surface area contributed by atoms with E-state index >= 15 is 0 Å². The zero-order valence-electron chi connectivity index (χ0n) is 22.4. The molecule has 0 aliphatic rings. The SMILES string of the molecule is Cc1cc(C)c(S(=O)(=O)Nc2onc(C)c2Cl)c(C)c1Cc1sc2ccccc2c1S(=O)(=O)Nc1onc(C)c1Cl. The van der Waals surface area contributed by atoms with Crippen molar-refractivity contribution in [2.45, 2.75) is 50.8 Å². The third kappa shape index (κ3) is 5.32. The molecule has 3 heterocycles. The van der Waals surface area contributed by atoms with Crippen LogP contribution in [-0.4, -0.2) is 27.1 Å². The minimum Gasteiger partial charge on any atom is -0.336 e. The van der Waals surface area contributed by atoms with Gasteiger partial charge < -0.3 is 9.05 Å². The monoisotopic (exact) mass is 654 g/mol. The third-order valence-electron chi connectivity index (χ3n) is 6.59. The van der Waals surface area contributed by atoms with E-state index in [0.29, 0.717) is 38.3 Å². The first-order chi connectivity index (χ1) is 19.2. The summed E-state index contributed by atoms with van der Waals surface area (Å²) < 4.78 is 70.3. The Morgan fingerprint density at radius 1 is 0.805 bits per heavy atom.